The molecule has 0 saturated carbocycles. The van der Waals surface area contributed by atoms with E-state index in [0.717, 1.165) is 42.8 Å². The molecular weight excluding hydrogens is 460 g/mol. The minimum Gasteiger partial charge on any atom is -0.497 e. The van der Waals surface area contributed by atoms with Crippen molar-refractivity contribution in [1.82, 2.24) is 10.2 Å². The van der Waals surface area contributed by atoms with E-state index in [1.165, 1.54) is 0 Å². The molecule has 2 aliphatic heterocycles. The van der Waals surface area contributed by atoms with Crippen molar-refractivity contribution in [1.29, 1.82) is 0 Å². The number of hydrogen-bond donors (Lipinski definition) is 1. The molecule has 0 aromatic heterocycles. The van der Waals surface area contributed by atoms with E-state index >= 15 is 0 Å². The van der Waals surface area contributed by atoms with Crippen LogP contribution in [0.5, 0.6) is 5.75 Å². The zero-order valence-corrected chi connectivity index (χ0v) is 20.7. The van der Waals surface area contributed by atoms with Gasteiger partial charge in [-0.05, 0) is 62.7 Å². The summed E-state index contributed by atoms with van der Waals surface area (Å²) in [4.78, 5) is 2.55. The maximum atomic E-state index is 13.4. The molecule has 0 aliphatic carbocycles. The summed E-state index contributed by atoms with van der Waals surface area (Å²) in [6.45, 7) is 4.30. The fraction of sp³-hybridized carbons (Fsp3) is 0.500. The van der Waals surface area contributed by atoms with Crippen molar-refractivity contribution in [2.24, 2.45) is 0 Å². The smallest absolute Gasteiger partial charge is 0.183 e. The highest BCUT2D eigenvalue weighted by atomic mass is 32.2. The molecule has 4 rings (SSSR count). The summed E-state index contributed by atoms with van der Waals surface area (Å²) in [6.07, 6.45) is 2.24. The summed E-state index contributed by atoms with van der Waals surface area (Å²) in [7, 11) is -5.62. The molecule has 0 radical (unpaired) electrons. The molecule has 2 aromatic rings. The fourth-order valence-electron chi connectivity index (χ4n) is 4.81. The first-order valence-corrected chi connectivity index (χ1v) is 14.7. The largest absolute Gasteiger partial charge is 0.497 e. The Morgan fingerprint density at radius 3 is 2.27 bits per heavy atom. The van der Waals surface area contributed by atoms with E-state index in [4.69, 9.17) is 4.74 Å². The Balaban J connectivity index is 1.57. The van der Waals surface area contributed by atoms with Crippen molar-refractivity contribution in [2.75, 3.05) is 38.2 Å². The average Bonchev–Trinajstić information content (AvgIpc) is 3.42. The lowest BCUT2D eigenvalue weighted by atomic mass is 10.0. The van der Waals surface area contributed by atoms with Crippen LogP contribution < -0.4 is 10.1 Å². The van der Waals surface area contributed by atoms with Crippen molar-refractivity contribution in [2.45, 2.75) is 42.0 Å². The van der Waals surface area contributed by atoms with Crippen LogP contribution in [-0.2, 0) is 19.7 Å². The van der Waals surface area contributed by atoms with Gasteiger partial charge in [0.05, 0.1) is 28.8 Å². The van der Waals surface area contributed by atoms with E-state index in [1.54, 1.807) is 31.4 Å². The van der Waals surface area contributed by atoms with Gasteiger partial charge in [-0.2, -0.15) is 0 Å². The second kappa shape index (κ2) is 9.74. The monoisotopic (exact) mass is 492 g/mol. The number of hydrogen-bond acceptors (Lipinski definition) is 7. The summed E-state index contributed by atoms with van der Waals surface area (Å²) >= 11 is 0. The normalized spacial score (nSPS) is 24.1. The van der Waals surface area contributed by atoms with E-state index in [1.807, 2.05) is 31.2 Å². The van der Waals surface area contributed by atoms with Gasteiger partial charge in [0.15, 0.2) is 19.7 Å². The number of likely N-dealkylation sites (tertiary alicyclic amines) is 1. The minimum absolute atomic E-state index is 0.0319. The van der Waals surface area contributed by atoms with Gasteiger partial charge in [0.2, 0.25) is 0 Å². The predicted octanol–water partition coefficient (Wildman–Crippen LogP) is 2.37. The molecule has 1 unspecified atom stereocenters. The summed E-state index contributed by atoms with van der Waals surface area (Å²) < 4.78 is 57.0. The maximum absolute atomic E-state index is 13.4. The van der Waals surface area contributed by atoms with E-state index in [0.29, 0.717) is 6.54 Å². The Morgan fingerprint density at radius 2 is 1.67 bits per heavy atom. The molecule has 2 saturated heterocycles. The number of benzene rings is 2. The molecule has 2 aliphatic rings. The molecule has 33 heavy (non-hydrogen) atoms. The lowest BCUT2D eigenvalue weighted by Crippen LogP contribution is -2.46. The van der Waals surface area contributed by atoms with Crippen molar-refractivity contribution < 1.29 is 21.6 Å². The number of ether oxygens (including phenoxy) is 1. The zero-order chi connectivity index (χ0) is 23.6. The first-order chi connectivity index (χ1) is 15.7. The summed E-state index contributed by atoms with van der Waals surface area (Å²) in [5.74, 6) is 0.258. The topological polar surface area (TPSA) is 92.8 Å². The molecule has 7 nitrogen and oxygen atoms in total. The van der Waals surface area contributed by atoms with Gasteiger partial charge in [-0.3, -0.25) is 4.90 Å². The third-order valence-corrected chi connectivity index (χ3v) is 10.9. The lowest BCUT2D eigenvalue weighted by molar-refractivity contribution is 0.234. The second-order valence-electron chi connectivity index (χ2n) is 9.02. The number of rotatable bonds is 8. The molecule has 0 bridgehead atoms. The van der Waals surface area contributed by atoms with Crippen LogP contribution >= 0.6 is 0 Å². The summed E-state index contributed by atoms with van der Waals surface area (Å²) in [6, 6.07) is 13.9. The van der Waals surface area contributed by atoms with Crippen molar-refractivity contribution in [3.63, 3.8) is 0 Å². The number of aryl methyl sites for hydroxylation is 1. The van der Waals surface area contributed by atoms with Gasteiger partial charge in [0.25, 0.3) is 0 Å². The highest BCUT2D eigenvalue weighted by Gasteiger charge is 2.46. The Morgan fingerprint density at radius 1 is 1.03 bits per heavy atom. The first kappa shape index (κ1) is 24.2. The van der Waals surface area contributed by atoms with Crippen LogP contribution in [0.1, 0.15) is 30.0 Å². The van der Waals surface area contributed by atoms with Crippen LogP contribution in [0.3, 0.4) is 0 Å². The van der Waals surface area contributed by atoms with E-state index in [9.17, 15) is 16.8 Å². The lowest BCUT2D eigenvalue weighted by Gasteiger charge is -2.30. The van der Waals surface area contributed by atoms with Crippen LogP contribution in [0, 0.1) is 6.92 Å². The highest BCUT2D eigenvalue weighted by molar-refractivity contribution is 7.96. The summed E-state index contributed by atoms with van der Waals surface area (Å²) in [5, 5.41) is 2.35. The maximum Gasteiger partial charge on any atom is 0.183 e. The van der Waals surface area contributed by atoms with Gasteiger partial charge in [-0.25, -0.2) is 16.8 Å². The van der Waals surface area contributed by atoms with Gasteiger partial charge in [0.1, 0.15) is 5.75 Å². The van der Waals surface area contributed by atoms with E-state index < -0.39 is 31.0 Å². The number of nitrogens with one attached hydrogen (secondary N) is 1. The Kier molecular flexibility index (Phi) is 7.14. The third-order valence-electron chi connectivity index (χ3n) is 6.70. The Labute approximate surface area is 197 Å². The molecule has 1 N–H and O–H groups in total. The van der Waals surface area contributed by atoms with Crippen LogP contribution in [0.15, 0.2) is 53.4 Å². The number of sulfone groups is 2. The van der Waals surface area contributed by atoms with Gasteiger partial charge < -0.3 is 10.1 Å². The first-order valence-electron chi connectivity index (χ1n) is 11.3. The third kappa shape index (κ3) is 5.42. The van der Waals surface area contributed by atoms with Gasteiger partial charge in [-0.15, -0.1) is 0 Å². The molecule has 2 fully saturated rings. The van der Waals surface area contributed by atoms with Crippen molar-refractivity contribution in [3.8, 4) is 5.75 Å². The van der Waals surface area contributed by atoms with Crippen LogP contribution in [-0.4, -0.2) is 71.3 Å². The van der Waals surface area contributed by atoms with Gasteiger partial charge in [-0.1, -0.05) is 29.8 Å². The van der Waals surface area contributed by atoms with Crippen molar-refractivity contribution >= 4 is 19.7 Å². The van der Waals surface area contributed by atoms with E-state index in [2.05, 4.69) is 10.2 Å². The molecule has 2 aromatic carbocycles. The molecule has 0 amide bonds. The quantitative estimate of drug-likeness (QED) is 0.605. The SMILES string of the molecule is COc1ccc(C(CN[C@H]2CS(=O)(=O)C[C@@H]2S(=O)(=O)c2ccc(C)cc2)N2CCCC2)cc1. The highest BCUT2D eigenvalue weighted by Crippen LogP contribution is 2.29. The molecular formula is C24H32N2O5S2. The minimum atomic E-state index is -3.79. The Bertz CT molecular complexity index is 1160. The van der Waals surface area contributed by atoms with Crippen LogP contribution in [0.2, 0.25) is 0 Å². The average molecular weight is 493 g/mol. The number of nitrogens with zero attached hydrogens (tertiary/aromatic N) is 1. The summed E-state index contributed by atoms with van der Waals surface area (Å²) in [5.41, 5.74) is 2.06. The predicted molar refractivity (Wildman–Crippen MR) is 129 cm³/mol. The van der Waals surface area contributed by atoms with Crippen molar-refractivity contribution in [3.05, 3.63) is 59.7 Å². The standard InChI is InChI=1S/C24H32N2O5S2/c1-18-5-11-21(12-6-18)33(29,30)24-17-32(27,28)16-22(24)25-15-23(26-13-3-4-14-26)19-7-9-20(31-2)10-8-19/h5-12,22-25H,3-4,13-17H2,1-2H3/t22-,23?,24-/m0/s1. The molecule has 9 heteroatoms. The number of methoxy groups -OCH3 is 1. The van der Waals surface area contributed by atoms with Crippen LogP contribution in [0.25, 0.3) is 0 Å². The fourth-order valence-corrected chi connectivity index (χ4v) is 9.53. The molecule has 2 heterocycles. The molecule has 180 valence electrons. The second-order valence-corrected chi connectivity index (χ2v) is 13.3. The van der Waals surface area contributed by atoms with Crippen LogP contribution in [0.4, 0.5) is 0 Å². The molecule has 3 atom stereocenters. The van der Waals surface area contributed by atoms with Gasteiger partial charge in [0, 0.05) is 18.6 Å². The molecule has 0 spiro atoms. The Hall–Kier alpha value is -1.94. The van der Waals surface area contributed by atoms with Gasteiger partial charge >= 0.3 is 0 Å². The zero-order valence-electron chi connectivity index (χ0n) is 19.1. The van der Waals surface area contributed by atoms with E-state index in [-0.39, 0.29) is 22.4 Å².